The molecule has 42 heavy (non-hydrogen) atoms. The van der Waals surface area contributed by atoms with Gasteiger partial charge in [-0.05, 0) is 40.9 Å². The van der Waals surface area contributed by atoms with Crippen LogP contribution in [0.25, 0.3) is 0 Å². The lowest BCUT2D eigenvalue weighted by Gasteiger charge is -2.39. The Labute approximate surface area is 237 Å². The summed E-state index contributed by atoms with van der Waals surface area (Å²) in [6.07, 6.45) is 0.546. The summed E-state index contributed by atoms with van der Waals surface area (Å²) in [5, 5.41) is -3.20. The maximum absolute atomic E-state index is 14.5. The third-order valence-corrected chi connectivity index (χ3v) is 11.6. The number of rotatable bonds is 10. The van der Waals surface area contributed by atoms with Crippen molar-refractivity contribution in [3.05, 3.63) is 35.0 Å². The Kier molecular flexibility index (Phi) is 9.69. The van der Waals surface area contributed by atoms with Gasteiger partial charge in [0, 0.05) is 0 Å². The van der Waals surface area contributed by atoms with E-state index in [1.165, 1.54) is 0 Å². The first-order valence-corrected chi connectivity index (χ1v) is 15.6. The Bertz CT molecular complexity index is 1470. The number of hydrogen-bond acceptors (Lipinski definition) is 8. The smallest absolute Gasteiger partial charge is 0.551 e. The van der Waals surface area contributed by atoms with Crippen molar-refractivity contribution >= 4 is 30.2 Å². The van der Waals surface area contributed by atoms with Gasteiger partial charge in [-0.3, -0.25) is 0 Å². The van der Waals surface area contributed by atoms with Crippen molar-refractivity contribution in [2.24, 2.45) is 10.8 Å². The largest absolute Gasteiger partial charge is 0.601 e. The fraction of sp³-hybridized carbons (Fsp3) is 0.714. The molecule has 0 heterocycles. The maximum atomic E-state index is 14.5. The molecule has 0 aliphatic carbocycles. The van der Waals surface area contributed by atoms with E-state index in [9.17, 15) is 70.0 Å². The molecule has 0 aliphatic heterocycles. The van der Waals surface area contributed by atoms with Crippen LogP contribution >= 0.6 is 0 Å². The number of alkyl halides is 9. The van der Waals surface area contributed by atoms with Gasteiger partial charge in [0.1, 0.15) is 5.75 Å². The molecule has 0 N–H and O–H groups in total. The lowest BCUT2D eigenvalue weighted by molar-refractivity contribution is -0.594. The van der Waals surface area contributed by atoms with Crippen LogP contribution < -0.4 is 4.18 Å². The molecular formula is C21H28F9NO8S3. The second-order valence-corrected chi connectivity index (χ2v) is 17.7. The summed E-state index contributed by atoms with van der Waals surface area (Å²) in [4.78, 5) is 0. The maximum Gasteiger partial charge on any atom is 0.551 e. The Hall–Kier alpha value is -1.84. The van der Waals surface area contributed by atoms with Crippen LogP contribution in [0.15, 0.2) is 24.3 Å². The van der Waals surface area contributed by atoms with E-state index in [1.807, 2.05) is 41.5 Å². The van der Waals surface area contributed by atoms with Crippen LogP contribution in [0.3, 0.4) is 0 Å². The first kappa shape index (κ1) is 38.2. The van der Waals surface area contributed by atoms with Gasteiger partial charge >= 0.3 is 52.1 Å². The van der Waals surface area contributed by atoms with E-state index in [0.29, 0.717) is 24.1 Å². The number of halogens is 9. The van der Waals surface area contributed by atoms with Crippen LogP contribution in [0, 0.1) is 16.0 Å². The molecule has 2 unspecified atom stereocenters. The standard InChI is InChI=1S/C21H28F9NO8S3/c1-16(2,3)12-15(17(4,5)6)13-8-10-14(11-9-13)39-42(37,38)20(26,27)18(22,23)19(24,25)40(33,34)31(7,32)41(35,36)21(28,29)30/h8-11,15H,12H2,1-7H3. The van der Waals surface area contributed by atoms with Gasteiger partial charge in [-0.2, -0.15) is 64.8 Å². The molecule has 0 spiro atoms. The molecule has 0 saturated heterocycles. The van der Waals surface area contributed by atoms with Crippen LogP contribution in [0.2, 0.25) is 0 Å². The monoisotopic (exact) mass is 689 g/mol. The lowest BCUT2D eigenvalue weighted by atomic mass is 9.69. The molecule has 9 nitrogen and oxygen atoms in total. The molecule has 0 fully saturated rings. The second-order valence-electron chi connectivity index (χ2n) is 11.6. The number of benzene rings is 1. The molecule has 0 aliphatic rings. The highest BCUT2D eigenvalue weighted by Gasteiger charge is 2.87. The minimum absolute atomic E-state index is 0.242. The molecule has 0 aromatic heterocycles. The number of quaternary nitrogens is 1. The number of sulfonamides is 2. The van der Waals surface area contributed by atoms with Gasteiger partial charge in [0.05, 0.1) is 7.05 Å². The average molecular weight is 690 g/mol. The second kappa shape index (κ2) is 10.7. The molecular weight excluding hydrogens is 661 g/mol. The van der Waals surface area contributed by atoms with Gasteiger partial charge in [-0.1, -0.05) is 53.7 Å². The van der Waals surface area contributed by atoms with E-state index in [2.05, 4.69) is 4.18 Å². The van der Waals surface area contributed by atoms with Crippen molar-refractivity contribution < 1.29 is 72.4 Å². The summed E-state index contributed by atoms with van der Waals surface area (Å²) in [5.74, 6) is -9.15. The molecule has 0 radical (unpaired) electrons. The van der Waals surface area contributed by atoms with Gasteiger partial charge in [-0.25, -0.2) is 0 Å². The molecule has 1 aromatic rings. The topological polar surface area (TPSA) is 135 Å². The zero-order chi connectivity index (χ0) is 34.0. The van der Waals surface area contributed by atoms with Crippen LogP contribution in [0.1, 0.15) is 59.4 Å². The van der Waals surface area contributed by atoms with Crippen molar-refractivity contribution in [3.8, 4) is 5.75 Å². The van der Waals surface area contributed by atoms with Gasteiger partial charge in [0.2, 0.25) is 0 Å². The van der Waals surface area contributed by atoms with Crippen molar-refractivity contribution in [1.29, 1.82) is 0 Å². The Balaban J connectivity index is 3.59. The highest BCUT2D eigenvalue weighted by atomic mass is 32.3. The summed E-state index contributed by atoms with van der Waals surface area (Å²) >= 11 is 0. The average Bonchev–Trinajstić information content (AvgIpc) is 2.75. The molecule has 1 aromatic carbocycles. The van der Waals surface area contributed by atoms with Gasteiger partial charge in [-0.15, -0.1) is 3.46 Å². The predicted molar refractivity (Wildman–Crippen MR) is 131 cm³/mol. The normalized spacial score (nSPS) is 17.5. The molecule has 1 rings (SSSR count). The Morgan fingerprint density at radius 3 is 1.48 bits per heavy atom. The van der Waals surface area contributed by atoms with Gasteiger partial charge in [0.25, 0.3) is 0 Å². The lowest BCUT2D eigenvalue weighted by Crippen LogP contribution is -2.68. The van der Waals surface area contributed by atoms with Crippen LogP contribution in [0.5, 0.6) is 5.75 Å². The Morgan fingerprint density at radius 1 is 0.738 bits per heavy atom. The molecule has 2 atom stereocenters. The summed E-state index contributed by atoms with van der Waals surface area (Å²) in [7, 11) is -24.8. The highest BCUT2D eigenvalue weighted by Crippen LogP contribution is 2.54. The predicted octanol–water partition coefficient (Wildman–Crippen LogP) is 5.91. The molecule has 246 valence electrons. The third kappa shape index (κ3) is 6.34. The summed E-state index contributed by atoms with van der Waals surface area (Å²) in [6.45, 7) is 11.3. The quantitative estimate of drug-likeness (QED) is 0.128. The minimum Gasteiger partial charge on any atom is -0.601 e. The summed E-state index contributed by atoms with van der Waals surface area (Å²) in [6, 6.07) is 3.70. The number of nitrogens with zero attached hydrogens (tertiary/aromatic N) is 1. The first-order valence-electron chi connectivity index (χ1n) is 11.3. The van der Waals surface area contributed by atoms with E-state index < -0.39 is 73.8 Å². The highest BCUT2D eigenvalue weighted by molar-refractivity contribution is 7.99. The number of hydroxylamine groups is 1. The van der Waals surface area contributed by atoms with Gasteiger partial charge in [0.15, 0.2) is 0 Å². The summed E-state index contributed by atoms with van der Waals surface area (Å²) < 4.78 is 193. The van der Waals surface area contributed by atoms with Gasteiger partial charge < -0.3 is 9.39 Å². The van der Waals surface area contributed by atoms with Crippen molar-refractivity contribution in [2.45, 2.75) is 75.8 Å². The first-order chi connectivity index (χ1) is 18.0. The Morgan fingerprint density at radius 2 is 1.14 bits per heavy atom. The van der Waals surface area contributed by atoms with E-state index >= 15 is 0 Å². The minimum atomic E-state index is -8.41. The molecule has 0 amide bonds. The zero-order valence-corrected chi connectivity index (χ0v) is 25.4. The SMILES string of the molecule is CC(C)(C)CC(c1ccc(OS(=O)(=O)C(F)(F)C(F)(F)C(F)(F)S(=O)(=O)[N+](C)([O-])S(=O)(=O)C(F)(F)F)cc1)C(C)(C)C. The zero-order valence-electron chi connectivity index (χ0n) is 22.9. The fourth-order valence-corrected chi connectivity index (χ4v) is 7.27. The van der Waals surface area contributed by atoms with E-state index in [1.54, 1.807) is 0 Å². The van der Waals surface area contributed by atoms with E-state index in [4.69, 9.17) is 0 Å². The molecule has 0 saturated carbocycles. The molecule has 21 heteroatoms. The van der Waals surface area contributed by atoms with E-state index in [-0.39, 0.29) is 11.3 Å². The van der Waals surface area contributed by atoms with E-state index in [0.717, 1.165) is 12.1 Å². The third-order valence-electron chi connectivity index (χ3n) is 5.89. The number of hydrogen-bond donors (Lipinski definition) is 0. The van der Waals surface area contributed by atoms with Crippen LogP contribution in [0.4, 0.5) is 39.5 Å². The van der Waals surface area contributed by atoms with Crippen LogP contribution in [-0.2, 0) is 30.2 Å². The fourth-order valence-electron chi connectivity index (χ4n) is 3.48. The molecule has 0 bridgehead atoms. The van der Waals surface area contributed by atoms with Crippen molar-refractivity contribution in [2.75, 3.05) is 7.05 Å². The summed E-state index contributed by atoms with van der Waals surface area (Å²) in [5.41, 5.74) is -7.11. The van der Waals surface area contributed by atoms with Crippen molar-refractivity contribution in [3.63, 3.8) is 0 Å². The van der Waals surface area contributed by atoms with Crippen molar-refractivity contribution in [1.82, 2.24) is 0 Å². The van der Waals surface area contributed by atoms with Crippen LogP contribution in [-0.4, -0.2) is 57.7 Å².